The first kappa shape index (κ1) is 16.3. The third-order valence-electron chi connectivity index (χ3n) is 3.72. The molecule has 1 aromatic rings. The lowest BCUT2D eigenvalue weighted by molar-refractivity contribution is -0.132. The van der Waals surface area contributed by atoms with Crippen molar-refractivity contribution in [1.82, 2.24) is 14.7 Å². The Labute approximate surface area is 131 Å². The van der Waals surface area contributed by atoms with Gasteiger partial charge in [-0.15, -0.1) is 0 Å². The number of para-hydroxylation sites is 1. The van der Waals surface area contributed by atoms with Crippen LogP contribution in [0.2, 0.25) is 0 Å². The predicted molar refractivity (Wildman–Crippen MR) is 86.8 cm³/mol. The average Bonchev–Trinajstić information content (AvgIpc) is 2.53. The molecular formula is C16H24N4O2. The van der Waals surface area contributed by atoms with Crippen molar-refractivity contribution in [3.63, 3.8) is 0 Å². The fraction of sp³-hybridized carbons (Fsp3) is 0.500. The summed E-state index contributed by atoms with van der Waals surface area (Å²) in [5.41, 5.74) is 0.789. The Morgan fingerprint density at radius 2 is 1.64 bits per heavy atom. The van der Waals surface area contributed by atoms with Crippen LogP contribution in [-0.2, 0) is 4.79 Å². The molecule has 2 rings (SSSR count). The maximum absolute atomic E-state index is 12.2. The molecule has 0 aromatic heterocycles. The van der Waals surface area contributed by atoms with Gasteiger partial charge in [-0.05, 0) is 26.2 Å². The number of benzene rings is 1. The Balaban J connectivity index is 1.77. The number of hydrogen-bond donors (Lipinski definition) is 1. The van der Waals surface area contributed by atoms with Crippen LogP contribution in [0, 0.1) is 0 Å². The van der Waals surface area contributed by atoms with Gasteiger partial charge in [0.25, 0.3) is 0 Å². The molecule has 1 saturated heterocycles. The molecule has 0 spiro atoms. The van der Waals surface area contributed by atoms with Crippen LogP contribution in [0.25, 0.3) is 0 Å². The first-order valence-corrected chi connectivity index (χ1v) is 7.60. The van der Waals surface area contributed by atoms with Crippen molar-refractivity contribution in [1.29, 1.82) is 0 Å². The van der Waals surface area contributed by atoms with E-state index >= 15 is 0 Å². The SMILES string of the molecule is CN(C)CCC(=O)N1CCN(C(=O)Nc2ccccc2)CC1. The van der Waals surface area contributed by atoms with E-state index in [1.165, 1.54) is 0 Å². The number of rotatable bonds is 4. The summed E-state index contributed by atoms with van der Waals surface area (Å²) >= 11 is 0. The molecule has 0 atom stereocenters. The summed E-state index contributed by atoms with van der Waals surface area (Å²) in [6.45, 7) is 3.12. The van der Waals surface area contributed by atoms with Gasteiger partial charge in [-0.1, -0.05) is 18.2 Å². The standard InChI is InChI=1S/C16H24N4O2/c1-18(2)9-8-15(21)19-10-12-20(13-11-19)16(22)17-14-6-4-3-5-7-14/h3-7H,8-13H2,1-2H3,(H,17,22). The van der Waals surface area contributed by atoms with Crippen LogP contribution in [0.1, 0.15) is 6.42 Å². The summed E-state index contributed by atoms with van der Waals surface area (Å²) in [5.74, 6) is 0.164. The van der Waals surface area contributed by atoms with Crippen LogP contribution in [-0.4, -0.2) is 73.5 Å². The zero-order valence-corrected chi connectivity index (χ0v) is 13.3. The third-order valence-corrected chi connectivity index (χ3v) is 3.72. The highest BCUT2D eigenvalue weighted by Gasteiger charge is 2.23. The number of anilines is 1. The Hall–Kier alpha value is -2.08. The molecule has 1 heterocycles. The minimum absolute atomic E-state index is 0.105. The predicted octanol–water partition coefficient (Wildman–Crippen LogP) is 1.31. The van der Waals surface area contributed by atoms with Gasteiger partial charge in [0.1, 0.15) is 0 Å². The van der Waals surface area contributed by atoms with Crippen LogP contribution in [0.15, 0.2) is 30.3 Å². The number of nitrogens with one attached hydrogen (secondary N) is 1. The lowest BCUT2D eigenvalue weighted by Crippen LogP contribution is -2.52. The molecule has 0 radical (unpaired) electrons. The summed E-state index contributed by atoms with van der Waals surface area (Å²) in [6, 6.07) is 9.30. The molecule has 1 aliphatic heterocycles. The molecule has 3 amide bonds. The summed E-state index contributed by atoms with van der Waals surface area (Å²) in [4.78, 5) is 29.8. The van der Waals surface area contributed by atoms with E-state index in [-0.39, 0.29) is 11.9 Å². The number of piperazine rings is 1. The molecule has 6 heteroatoms. The largest absolute Gasteiger partial charge is 0.339 e. The van der Waals surface area contributed by atoms with Gasteiger partial charge in [-0.2, -0.15) is 0 Å². The first-order chi connectivity index (χ1) is 10.6. The molecule has 120 valence electrons. The average molecular weight is 304 g/mol. The normalized spacial score (nSPS) is 15.0. The topological polar surface area (TPSA) is 55.9 Å². The van der Waals surface area contributed by atoms with E-state index in [0.29, 0.717) is 32.6 Å². The van der Waals surface area contributed by atoms with E-state index in [1.54, 1.807) is 4.90 Å². The molecular weight excluding hydrogens is 280 g/mol. The Bertz CT molecular complexity index is 496. The molecule has 0 unspecified atom stereocenters. The number of nitrogens with zero attached hydrogens (tertiary/aromatic N) is 3. The van der Waals surface area contributed by atoms with Gasteiger partial charge < -0.3 is 20.0 Å². The van der Waals surface area contributed by atoms with Crippen molar-refractivity contribution in [3.05, 3.63) is 30.3 Å². The van der Waals surface area contributed by atoms with Gasteiger partial charge in [-0.25, -0.2) is 4.79 Å². The lowest BCUT2D eigenvalue weighted by Gasteiger charge is -2.35. The first-order valence-electron chi connectivity index (χ1n) is 7.60. The Morgan fingerprint density at radius 1 is 1.05 bits per heavy atom. The van der Waals surface area contributed by atoms with Crippen LogP contribution in [0.5, 0.6) is 0 Å². The third kappa shape index (κ3) is 4.73. The Kier molecular flexibility index (Phi) is 5.77. The molecule has 1 fully saturated rings. The second kappa shape index (κ2) is 7.79. The molecule has 0 bridgehead atoms. The summed E-state index contributed by atoms with van der Waals surface area (Å²) in [6.07, 6.45) is 0.531. The van der Waals surface area contributed by atoms with Crippen molar-refractivity contribution in [2.75, 3.05) is 52.1 Å². The van der Waals surface area contributed by atoms with E-state index in [9.17, 15) is 9.59 Å². The quantitative estimate of drug-likeness (QED) is 0.912. The summed E-state index contributed by atoms with van der Waals surface area (Å²) in [5, 5.41) is 2.87. The van der Waals surface area contributed by atoms with Crippen molar-refractivity contribution >= 4 is 17.6 Å². The fourth-order valence-corrected chi connectivity index (χ4v) is 2.36. The highest BCUT2D eigenvalue weighted by molar-refractivity contribution is 5.89. The van der Waals surface area contributed by atoms with Gasteiger partial charge >= 0.3 is 6.03 Å². The molecule has 1 N–H and O–H groups in total. The Morgan fingerprint density at radius 3 is 2.23 bits per heavy atom. The van der Waals surface area contributed by atoms with Gasteiger partial charge in [0.2, 0.25) is 5.91 Å². The van der Waals surface area contributed by atoms with Gasteiger partial charge in [-0.3, -0.25) is 4.79 Å². The maximum Gasteiger partial charge on any atom is 0.321 e. The molecule has 0 aliphatic carbocycles. The molecule has 6 nitrogen and oxygen atoms in total. The van der Waals surface area contributed by atoms with E-state index in [2.05, 4.69) is 5.32 Å². The van der Waals surface area contributed by atoms with Gasteiger partial charge in [0, 0.05) is 44.8 Å². The molecule has 1 aliphatic rings. The minimum Gasteiger partial charge on any atom is -0.339 e. The number of carbonyl (C=O) groups excluding carboxylic acids is 2. The summed E-state index contributed by atoms with van der Waals surface area (Å²) in [7, 11) is 3.91. The number of carbonyl (C=O) groups is 2. The van der Waals surface area contributed by atoms with Crippen molar-refractivity contribution in [2.45, 2.75) is 6.42 Å². The van der Waals surface area contributed by atoms with E-state index in [0.717, 1.165) is 12.2 Å². The van der Waals surface area contributed by atoms with Crippen molar-refractivity contribution in [2.24, 2.45) is 0 Å². The van der Waals surface area contributed by atoms with Crippen LogP contribution in [0.3, 0.4) is 0 Å². The molecule has 22 heavy (non-hydrogen) atoms. The summed E-state index contributed by atoms with van der Waals surface area (Å²) < 4.78 is 0. The minimum atomic E-state index is -0.105. The zero-order chi connectivity index (χ0) is 15.9. The van der Waals surface area contributed by atoms with E-state index < -0.39 is 0 Å². The number of urea groups is 1. The number of hydrogen-bond acceptors (Lipinski definition) is 3. The lowest BCUT2D eigenvalue weighted by atomic mass is 10.2. The fourth-order valence-electron chi connectivity index (χ4n) is 2.36. The van der Waals surface area contributed by atoms with Gasteiger partial charge in [0.15, 0.2) is 0 Å². The molecule has 1 aromatic carbocycles. The van der Waals surface area contributed by atoms with Crippen LogP contribution in [0.4, 0.5) is 10.5 Å². The zero-order valence-electron chi connectivity index (χ0n) is 13.3. The van der Waals surface area contributed by atoms with Crippen LogP contribution >= 0.6 is 0 Å². The monoisotopic (exact) mass is 304 g/mol. The van der Waals surface area contributed by atoms with Crippen molar-refractivity contribution in [3.8, 4) is 0 Å². The number of amides is 3. The molecule has 0 saturated carbocycles. The second-order valence-corrected chi connectivity index (χ2v) is 5.72. The highest BCUT2D eigenvalue weighted by atomic mass is 16.2. The van der Waals surface area contributed by atoms with Gasteiger partial charge in [0.05, 0.1) is 0 Å². The second-order valence-electron chi connectivity index (χ2n) is 5.72. The van der Waals surface area contributed by atoms with E-state index in [4.69, 9.17) is 0 Å². The van der Waals surface area contributed by atoms with Crippen molar-refractivity contribution < 1.29 is 9.59 Å². The smallest absolute Gasteiger partial charge is 0.321 e. The maximum atomic E-state index is 12.2. The van der Waals surface area contributed by atoms with Crippen LogP contribution < -0.4 is 5.32 Å². The highest BCUT2D eigenvalue weighted by Crippen LogP contribution is 2.09. The van der Waals surface area contributed by atoms with E-state index in [1.807, 2.05) is 54.2 Å².